The first-order chi connectivity index (χ1) is 30.0. The zero-order chi connectivity index (χ0) is 43.7. The summed E-state index contributed by atoms with van der Waals surface area (Å²) in [7, 11) is 6.37. The van der Waals surface area contributed by atoms with Gasteiger partial charge in [-0.1, -0.05) is 43.0 Å². The average molecular weight is 844 g/mol. The fourth-order valence-corrected chi connectivity index (χ4v) is 8.62. The number of anilines is 3. The van der Waals surface area contributed by atoms with Gasteiger partial charge in [-0.05, 0) is 65.8 Å². The Morgan fingerprint density at radius 2 is 1.19 bits per heavy atom. The molecule has 0 unspecified atom stereocenters. The lowest BCUT2D eigenvalue weighted by Gasteiger charge is -2.35. The Kier molecular flexibility index (Phi) is 11.8. The fraction of sp³-hybridized carbons (Fsp3) is 0.340. The summed E-state index contributed by atoms with van der Waals surface area (Å²) in [4.78, 5) is 74.1. The molecule has 62 heavy (non-hydrogen) atoms. The Hall–Kier alpha value is -7.03. The molecule has 4 aromatic carbocycles. The van der Waals surface area contributed by atoms with Crippen molar-refractivity contribution < 1.29 is 47.7 Å². The van der Waals surface area contributed by atoms with Gasteiger partial charge >= 0.3 is 6.09 Å². The van der Waals surface area contributed by atoms with Crippen LogP contribution in [0, 0.1) is 0 Å². The number of nitrogens with one attached hydrogen (secondary N) is 1. The average Bonchev–Trinajstić information content (AvgIpc) is 3.41. The lowest BCUT2D eigenvalue weighted by Crippen LogP contribution is -2.50. The minimum Gasteiger partial charge on any atom is -0.493 e. The number of nitrogens with zero attached hydrogens (tertiary/aromatic N) is 4. The standard InChI is InChI=1S/C47H49N5O10/c1-6-16-62-47(57)48-32-15-14-29-21-38-46(56)50(3)36-25-42(40(59-5)23-34(36)44(54)52(38)27-31(29)19-32)61-18-11-7-10-17-60-41-24-35-33(22-39(41)58-4)43(53)51-26-30-13-9-8-12-28(30)20-37(51)45(55)49(35)2/h6,8-9,12-15,19,22-25,37-38H,1,7,10-11,16-18,20-21,26-27H2,2-5H3,(H,48,57)/t37-,38-/m0/s1. The Morgan fingerprint density at radius 1 is 0.677 bits per heavy atom. The topological polar surface area (TPSA) is 156 Å². The molecule has 0 saturated carbocycles. The summed E-state index contributed by atoms with van der Waals surface area (Å²) in [6.07, 6.45) is 3.71. The highest BCUT2D eigenvalue weighted by Gasteiger charge is 2.43. The van der Waals surface area contributed by atoms with E-state index in [0.29, 0.717) is 96.6 Å². The highest BCUT2D eigenvalue weighted by atomic mass is 16.5. The number of unbranched alkanes of at least 4 members (excludes halogenated alkanes) is 2. The van der Waals surface area contributed by atoms with Crippen molar-refractivity contribution >= 4 is 46.8 Å². The molecule has 0 aromatic heterocycles. The number of fused-ring (bicyclic) bond motifs is 6. The van der Waals surface area contributed by atoms with Gasteiger partial charge in [-0.25, -0.2) is 4.79 Å². The van der Waals surface area contributed by atoms with E-state index in [0.717, 1.165) is 28.7 Å². The van der Waals surface area contributed by atoms with Gasteiger partial charge in [0.05, 0.1) is 49.9 Å². The summed E-state index contributed by atoms with van der Waals surface area (Å²) in [5.41, 5.74) is 5.91. The van der Waals surface area contributed by atoms with Crippen LogP contribution in [0.15, 0.2) is 79.4 Å². The third kappa shape index (κ3) is 7.85. The number of likely N-dealkylation sites (N-methyl/N-ethyl adjacent to an activating group) is 2. The molecule has 0 aliphatic carbocycles. The van der Waals surface area contributed by atoms with Crippen molar-refractivity contribution in [2.75, 3.05) is 63.3 Å². The van der Waals surface area contributed by atoms with E-state index in [2.05, 4.69) is 11.9 Å². The first-order valence-corrected chi connectivity index (χ1v) is 20.6. The minimum absolute atomic E-state index is 0.0712. The number of ether oxygens (including phenoxy) is 5. The Balaban J connectivity index is 0.887. The normalized spacial score (nSPS) is 17.6. The van der Waals surface area contributed by atoms with Crippen LogP contribution in [0.25, 0.3) is 0 Å². The van der Waals surface area contributed by atoms with E-state index in [-0.39, 0.29) is 36.8 Å². The van der Waals surface area contributed by atoms with Gasteiger partial charge in [0.15, 0.2) is 23.0 Å². The van der Waals surface area contributed by atoms with Gasteiger partial charge in [-0.2, -0.15) is 0 Å². The van der Waals surface area contributed by atoms with Crippen molar-refractivity contribution in [1.82, 2.24) is 9.80 Å². The second-order valence-electron chi connectivity index (χ2n) is 15.7. The number of carbonyl (C=O) groups is 5. The van der Waals surface area contributed by atoms with E-state index in [9.17, 15) is 24.0 Å². The predicted octanol–water partition coefficient (Wildman–Crippen LogP) is 6.15. The van der Waals surface area contributed by atoms with Gasteiger partial charge < -0.3 is 43.3 Å². The smallest absolute Gasteiger partial charge is 0.411 e. The Labute approximate surface area is 359 Å². The molecular weight excluding hydrogens is 795 g/mol. The molecule has 8 rings (SSSR count). The van der Waals surface area contributed by atoms with Crippen LogP contribution < -0.4 is 34.1 Å². The molecule has 5 amide bonds. The molecule has 0 bridgehead atoms. The first kappa shape index (κ1) is 41.7. The molecule has 1 N–H and O–H groups in total. The molecule has 2 atom stereocenters. The fourth-order valence-electron chi connectivity index (χ4n) is 8.62. The van der Waals surface area contributed by atoms with Crippen LogP contribution in [0.1, 0.15) is 62.2 Å². The lowest BCUT2D eigenvalue weighted by molar-refractivity contribution is -0.123. The summed E-state index contributed by atoms with van der Waals surface area (Å²) < 4.78 is 28.7. The third-order valence-electron chi connectivity index (χ3n) is 12.0. The molecule has 4 aliphatic rings. The zero-order valence-corrected chi connectivity index (χ0v) is 35.2. The highest BCUT2D eigenvalue weighted by Crippen LogP contribution is 2.42. The number of benzene rings is 4. The summed E-state index contributed by atoms with van der Waals surface area (Å²) in [6.45, 7) is 4.83. The number of rotatable bonds is 13. The van der Waals surface area contributed by atoms with Crippen LogP contribution in [-0.2, 0) is 40.3 Å². The number of hydrogen-bond donors (Lipinski definition) is 1. The third-order valence-corrected chi connectivity index (χ3v) is 12.0. The lowest BCUT2D eigenvalue weighted by atomic mass is 9.92. The monoisotopic (exact) mass is 843 g/mol. The molecule has 0 radical (unpaired) electrons. The quantitative estimate of drug-likeness (QED) is 0.122. The summed E-state index contributed by atoms with van der Waals surface area (Å²) in [5, 5.41) is 2.69. The minimum atomic E-state index is -0.723. The molecule has 0 saturated heterocycles. The van der Waals surface area contributed by atoms with Crippen molar-refractivity contribution in [3.8, 4) is 23.0 Å². The van der Waals surface area contributed by atoms with E-state index >= 15 is 0 Å². The molecule has 0 spiro atoms. The van der Waals surface area contributed by atoms with Crippen LogP contribution in [-0.4, -0.2) is 99.7 Å². The molecule has 15 nitrogen and oxygen atoms in total. The molecular formula is C47H49N5O10. The number of methoxy groups -OCH3 is 2. The summed E-state index contributed by atoms with van der Waals surface area (Å²) >= 11 is 0. The van der Waals surface area contributed by atoms with Gasteiger partial charge in [-0.3, -0.25) is 24.5 Å². The molecule has 4 aliphatic heterocycles. The number of carbonyl (C=O) groups excluding carboxylic acids is 5. The van der Waals surface area contributed by atoms with Crippen molar-refractivity contribution in [3.63, 3.8) is 0 Å². The van der Waals surface area contributed by atoms with Crippen LogP contribution in [0.2, 0.25) is 0 Å². The van der Waals surface area contributed by atoms with Crippen LogP contribution >= 0.6 is 0 Å². The van der Waals surface area contributed by atoms with Crippen molar-refractivity contribution in [2.24, 2.45) is 0 Å². The molecule has 4 aromatic rings. The number of hydrogen-bond acceptors (Lipinski definition) is 10. The summed E-state index contributed by atoms with van der Waals surface area (Å²) in [6, 6.07) is 18.6. The van der Waals surface area contributed by atoms with Gasteiger partial charge in [0.2, 0.25) is 11.8 Å². The zero-order valence-electron chi connectivity index (χ0n) is 35.2. The van der Waals surface area contributed by atoms with E-state index in [1.807, 2.05) is 30.3 Å². The Morgan fingerprint density at radius 3 is 1.73 bits per heavy atom. The van der Waals surface area contributed by atoms with Crippen LogP contribution in [0.3, 0.4) is 0 Å². The van der Waals surface area contributed by atoms with E-state index in [1.165, 1.54) is 25.2 Å². The maximum Gasteiger partial charge on any atom is 0.411 e. The second kappa shape index (κ2) is 17.5. The van der Waals surface area contributed by atoms with Crippen LogP contribution in [0.5, 0.6) is 23.0 Å². The highest BCUT2D eigenvalue weighted by molar-refractivity contribution is 6.12. The van der Waals surface area contributed by atoms with Crippen molar-refractivity contribution in [2.45, 2.75) is 57.3 Å². The van der Waals surface area contributed by atoms with Gasteiger partial charge in [0.1, 0.15) is 18.7 Å². The van der Waals surface area contributed by atoms with Gasteiger partial charge in [-0.15, -0.1) is 0 Å². The van der Waals surface area contributed by atoms with E-state index < -0.39 is 18.2 Å². The number of amides is 5. The van der Waals surface area contributed by atoms with Crippen LogP contribution in [0.4, 0.5) is 21.9 Å². The van der Waals surface area contributed by atoms with Gasteiger partial charge in [0, 0.05) is 57.8 Å². The maximum atomic E-state index is 14.2. The second-order valence-corrected chi connectivity index (χ2v) is 15.7. The Bertz CT molecular complexity index is 2470. The van der Waals surface area contributed by atoms with E-state index in [4.69, 9.17) is 23.7 Å². The molecule has 15 heteroatoms. The molecule has 4 heterocycles. The molecule has 322 valence electrons. The first-order valence-electron chi connectivity index (χ1n) is 20.6. The largest absolute Gasteiger partial charge is 0.493 e. The van der Waals surface area contributed by atoms with Crippen molar-refractivity contribution in [3.05, 3.63) is 113 Å². The van der Waals surface area contributed by atoms with Crippen molar-refractivity contribution in [1.29, 1.82) is 0 Å². The summed E-state index contributed by atoms with van der Waals surface area (Å²) in [5.74, 6) is 0.667. The maximum absolute atomic E-state index is 14.2. The predicted molar refractivity (Wildman–Crippen MR) is 230 cm³/mol. The molecule has 0 fully saturated rings. The SMILES string of the molecule is C=CCOC(=O)Nc1ccc2c(c1)CN1C(=O)c3cc(OC)c(OCCCCCOc4cc5c(cc4OC)C(=O)N4Cc6ccccc6C[C@H]4C(=O)N5C)cc3N(C)C(=O)[C@@H]1C2. The van der Waals surface area contributed by atoms with E-state index in [1.54, 1.807) is 65.2 Å². The van der Waals surface area contributed by atoms with Gasteiger partial charge in [0.25, 0.3) is 11.8 Å².